The maximum atomic E-state index is 13.2. The molecule has 1 unspecified atom stereocenters. The van der Waals surface area contributed by atoms with Crippen LogP contribution in [-0.4, -0.2) is 17.3 Å². The molecule has 4 rings (SSSR count). The molecule has 136 valence electrons. The van der Waals surface area contributed by atoms with Gasteiger partial charge in [0.15, 0.2) is 0 Å². The zero-order valence-electron chi connectivity index (χ0n) is 14.1. The van der Waals surface area contributed by atoms with Gasteiger partial charge >= 0.3 is 6.18 Å². The second kappa shape index (κ2) is 6.16. The molecule has 0 N–H and O–H groups in total. The molecule has 0 amide bonds. The van der Waals surface area contributed by atoms with Crippen molar-refractivity contribution in [2.24, 2.45) is 0 Å². The molecule has 1 atom stereocenters. The number of anilines is 1. The number of thiophene rings is 1. The minimum absolute atomic E-state index is 0.0973. The minimum atomic E-state index is -4.28. The Morgan fingerprint density at radius 3 is 2.65 bits per heavy atom. The van der Waals surface area contributed by atoms with E-state index >= 15 is 0 Å². The molecule has 0 bridgehead atoms. The molecule has 0 aliphatic carbocycles. The SMILES string of the molecule is CCn1c(=O)ccc2c3c(ccc21)N(CC(F)(F)F)C(c1cccs1)C3. The summed E-state index contributed by atoms with van der Waals surface area (Å²) in [6.07, 6.45) is -3.78. The third-order valence-corrected chi connectivity index (χ3v) is 5.85. The van der Waals surface area contributed by atoms with Gasteiger partial charge in [-0.25, -0.2) is 0 Å². The summed E-state index contributed by atoms with van der Waals surface area (Å²) >= 11 is 1.47. The third kappa shape index (κ3) is 2.80. The number of fused-ring (bicyclic) bond motifs is 3. The van der Waals surface area contributed by atoms with Gasteiger partial charge in [0.1, 0.15) is 6.54 Å². The van der Waals surface area contributed by atoms with Crippen LogP contribution in [0.3, 0.4) is 0 Å². The lowest BCUT2D eigenvalue weighted by molar-refractivity contribution is -0.120. The van der Waals surface area contributed by atoms with E-state index in [1.54, 1.807) is 22.8 Å². The fourth-order valence-electron chi connectivity index (χ4n) is 3.83. The van der Waals surface area contributed by atoms with Crippen LogP contribution in [0.4, 0.5) is 18.9 Å². The normalized spacial score (nSPS) is 17.1. The highest BCUT2D eigenvalue weighted by molar-refractivity contribution is 7.10. The van der Waals surface area contributed by atoms with Crippen molar-refractivity contribution in [3.05, 3.63) is 62.6 Å². The Bertz CT molecular complexity index is 1010. The Hall–Kier alpha value is -2.28. The first-order valence-electron chi connectivity index (χ1n) is 8.41. The lowest BCUT2D eigenvalue weighted by atomic mass is 10.0. The highest BCUT2D eigenvalue weighted by Crippen LogP contribution is 2.45. The lowest BCUT2D eigenvalue weighted by Gasteiger charge is -2.28. The number of nitrogens with zero attached hydrogens (tertiary/aromatic N) is 2. The molecular formula is C19H17F3N2OS. The van der Waals surface area contributed by atoms with Gasteiger partial charge in [0.05, 0.1) is 11.6 Å². The quantitative estimate of drug-likeness (QED) is 0.657. The number of hydrogen-bond donors (Lipinski definition) is 0. The highest BCUT2D eigenvalue weighted by atomic mass is 32.1. The molecule has 0 saturated carbocycles. The van der Waals surface area contributed by atoms with Crippen LogP contribution < -0.4 is 10.5 Å². The van der Waals surface area contributed by atoms with E-state index in [4.69, 9.17) is 0 Å². The molecule has 26 heavy (non-hydrogen) atoms. The van der Waals surface area contributed by atoms with Crippen LogP contribution in [0.25, 0.3) is 10.9 Å². The molecule has 3 nitrogen and oxygen atoms in total. The van der Waals surface area contributed by atoms with E-state index in [1.165, 1.54) is 22.3 Å². The van der Waals surface area contributed by atoms with Gasteiger partial charge in [0.25, 0.3) is 5.56 Å². The van der Waals surface area contributed by atoms with E-state index in [2.05, 4.69) is 0 Å². The molecular weight excluding hydrogens is 361 g/mol. The molecule has 1 aromatic carbocycles. The maximum absolute atomic E-state index is 13.2. The maximum Gasteiger partial charge on any atom is 0.405 e. The Labute approximate surface area is 152 Å². The van der Waals surface area contributed by atoms with Crippen LogP contribution in [-0.2, 0) is 13.0 Å². The van der Waals surface area contributed by atoms with Gasteiger partial charge < -0.3 is 9.47 Å². The summed E-state index contributed by atoms with van der Waals surface area (Å²) in [5.74, 6) is 0. The Kier molecular flexibility index (Phi) is 4.06. The molecule has 7 heteroatoms. The molecule has 0 spiro atoms. The van der Waals surface area contributed by atoms with Crippen molar-refractivity contribution in [2.75, 3.05) is 11.4 Å². The Balaban J connectivity index is 1.90. The number of rotatable bonds is 3. The van der Waals surface area contributed by atoms with Crippen LogP contribution in [0.5, 0.6) is 0 Å². The van der Waals surface area contributed by atoms with Crippen LogP contribution in [0.1, 0.15) is 23.4 Å². The zero-order valence-corrected chi connectivity index (χ0v) is 14.9. The molecule has 0 radical (unpaired) electrons. The number of pyridine rings is 1. The predicted octanol–water partition coefficient (Wildman–Crippen LogP) is 4.75. The van der Waals surface area contributed by atoms with Gasteiger partial charge in [0.2, 0.25) is 0 Å². The van der Waals surface area contributed by atoms with Gasteiger partial charge in [-0.05, 0) is 42.1 Å². The van der Waals surface area contributed by atoms with Crippen LogP contribution in [0, 0.1) is 0 Å². The van der Waals surface area contributed by atoms with Crippen molar-refractivity contribution in [3.8, 4) is 0 Å². The van der Waals surface area contributed by atoms with Gasteiger partial charge in [0, 0.05) is 35.0 Å². The number of halogens is 3. The molecule has 1 aliphatic heterocycles. The van der Waals surface area contributed by atoms with Crippen LogP contribution in [0.2, 0.25) is 0 Å². The van der Waals surface area contributed by atoms with Crippen molar-refractivity contribution in [1.29, 1.82) is 0 Å². The van der Waals surface area contributed by atoms with Gasteiger partial charge in [-0.2, -0.15) is 13.2 Å². The van der Waals surface area contributed by atoms with Crippen LogP contribution in [0.15, 0.2) is 46.6 Å². The van der Waals surface area contributed by atoms with Crippen molar-refractivity contribution in [1.82, 2.24) is 4.57 Å². The summed E-state index contributed by atoms with van der Waals surface area (Å²) < 4.78 is 41.3. The molecule has 3 aromatic rings. The molecule has 3 heterocycles. The lowest BCUT2D eigenvalue weighted by Crippen LogP contribution is -2.34. The second-order valence-electron chi connectivity index (χ2n) is 6.39. The van der Waals surface area contributed by atoms with Gasteiger partial charge in [-0.1, -0.05) is 6.07 Å². The van der Waals surface area contributed by atoms with Crippen molar-refractivity contribution < 1.29 is 13.2 Å². The summed E-state index contributed by atoms with van der Waals surface area (Å²) in [5.41, 5.74) is 2.17. The predicted molar refractivity (Wildman–Crippen MR) is 98.0 cm³/mol. The topological polar surface area (TPSA) is 25.2 Å². The summed E-state index contributed by atoms with van der Waals surface area (Å²) in [4.78, 5) is 14.4. The van der Waals surface area contributed by atoms with E-state index in [9.17, 15) is 18.0 Å². The molecule has 2 aromatic heterocycles. The summed E-state index contributed by atoms with van der Waals surface area (Å²) in [5, 5.41) is 2.74. The zero-order chi connectivity index (χ0) is 18.5. The number of hydrogen-bond acceptors (Lipinski definition) is 3. The summed E-state index contributed by atoms with van der Waals surface area (Å²) in [7, 11) is 0. The fourth-order valence-corrected chi connectivity index (χ4v) is 4.67. The van der Waals surface area contributed by atoms with Crippen molar-refractivity contribution >= 4 is 27.9 Å². The third-order valence-electron chi connectivity index (χ3n) is 4.88. The molecule has 0 saturated heterocycles. The van der Waals surface area contributed by atoms with E-state index in [0.29, 0.717) is 18.7 Å². The van der Waals surface area contributed by atoms with E-state index < -0.39 is 12.7 Å². The first-order chi connectivity index (χ1) is 12.4. The number of benzene rings is 1. The standard InChI is InChI=1S/C19H17F3N2OS/c1-2-23-14-6-7-15-13(12(14)5-8-18(23)25)10-16(17-4-3-9-26-17)24(15)11-19(20,21)22/h3-9,16H,2,10-11H2,1H3. The number of aromatic nitrogens is 1. The molecule has 1 aliphatic rings. The fraction of sp³-hybridized carbons (Fsp3) is 0.316. The van der Waals surface area contributed by atoms with E-state index in [1.807, 2.05) is 24.4 Å². The average Bonchev–Trinajstić information content (AvgIpc) is 3.21. The van der Waals surface area contributed by atoms with E-state index in [0.717, 1.165) is 21.3 Å². The second-order valence-corrected chi connectivity index (χ2v) is 7.37. The largest absolute Gasteiger partial charge is 0.405 e. The first kappa shape index (κ1) is 17.1. The molecule has 0 fully saturated rings. The summed E-state index contributed by atoms with van der Waals surface area (Å²) in [6, 6.07) is 10.1. The van der Waals surface area contributed by atoms with Crippen molar-refractivity contribution in [3.63, 3.8) is 0 Å². The Morgan fingerprint density at radius 2 is 2.00 bits per heavy atom. The summed E-state index contributed by atoms with van der Waals surface area (Å²) in [6.45, 7) is 1.43. The number of alkyl halides is 3. The van der Waals surface area contributed by atoms with Crippen molar-refractivity contribution in [2.45, 2.75) is 32.1 Å². The van der Waals surface area contributed by atoms with Crippen LogP contribution >= 0.6 is 11.3 Å². The minimum Gasteiger partial charge on any atom is -0.354 e. The monoisotopic (exact) mass is 378 g/mol. The smallest absolute Gasteiger partial charge is 0.354 e. The van der Waals surface area contributed by atoms with Gasteiger partial charge in [-0.3, -0.25) is 4.79 Å². The van der Waals surface area contributed by atoms with E-state index in [-0.39, 0.29) is 11.6 Å². The van der Waals surface area contributed by atoms with Gasteiger partial charge in [-0.15, -0.1) is 11.3 Å². The Morgan fingerprint density at radius 1 is 1.19 bits per heavy atom. The highest BCUT2D eigenvalue weighted by Gasteiger charge is 2.40. The number of aryl methyl sites for hydroxylation is 1. The average molecular weight is 378 g/mol. The first-order valence-corrected chi connectivity index (χ1v) is 9.29.